The molecule has 3 heterocycles. The molecule has 28 heavy (non-hydrogen) atoms. The molecule has 138 valence electrons. The van der Waals surface area contributed by atoms with Crippen molar-refractivity contribution in [3.05, 3.63) is 60.7 Å². The number of fused-ring (bicyclic) bond motifs is 6. The summed E-state index contributed by atoms with van der Waals surface area (Å²) in [6, 6.07) is 21.8. The summed E-state index contributed by atoms with van der Waals surface area (Å²) < 4.78 is 15.0. The maximum absolute atomic E-state index is 6.28. The largest absolute Gasteiger partial charge is 0.494 e. The Hall–Kier alpha value is -2.56. The highest BCUT2D eigenvalue weighted by Crippen LogP contribution is 2.39. The van der Waals surface area contributed by atoms with E-state index in [9.17, 15) is 0 Å². The molecule has 0 atom stereocenters. The molecular formula is C24H22BNO2. The summed E-state index contributed by atoms with van der Waals surface area (Å²) >= 11 is 0. The Kier molecular flexibility index (Phi) is 2.97. The molecule has 0 spiro atoms. The van der Waals surface area contributed by atoms with Gasteiger partial charge in [-0.25, -0.2) is 0 Å². The molecule has 6 rings (SSSR count). The molecule has 5 aromatic rings. The third kappa shape index (κ3) is 1.92. The average molecular weight is 367 g/mol. The Bertz CT molecular complexity index is 1370. The van der Waals surface area contributed by atoms with Crippen LogP contribution < -0.4 is 5.46 Å². The Morgan fingerprint density at radius 1 is 0.679 bits per heavy atom. The molecule has 3 aromatic carbocycles. The second-order valence-electron chi connectivity index (χ2n) is 8.92. The van der Waals surface area contributed by atoms with Gasteiger partial charge in [0.2, 0.25) is 0 Å². The van der Waals surface area contributed by atoms with Gasteiger partial charge in [-0.05, 0) is 45.3 Å². The van der Waals surface area contributed by atoms with E-state index in [4.69, 9.17) is 9.31 Å². The van der Waals surface area contributed by atoms with Crippen molar-refractivity contribution in [2.24, 2.45) is 0 Å². The van der Waals surface area contributed by atoms with Gasteiger partial charge in [-0.2, -0.15) is 0 Å². The molecule has 1 fully saturated rings. The molecule has 4 heteroatoms. The molecule has 0 amide bonds. The van der Waals surface area contributed by atoms with Crippen molar-refractivity contribution in [2.75, 3.05) is 0 Å². The summed E-state index contributed by atoms with van der Waals surface area (Å²) in [5.41, 5.74) is 4.19. The molecule has 0 aliphatic carbocycles. The highest BCUT2D eigenvalue weighted by Gasteiger charge is 2.51. The van der Waals surface area contributed by atoms with Gasteiger partial charge in [0.25, 0.3) is 0 Å². The van der Waals surface area contributed by atoms with E-state index in [1.54, 1.807) is 0 Å². The van der Waals surface area contributed by atoms with Gasteiger partial charge in [0.15, 0.2) is 0 Å². The van der Waals surface area contributed by atoms with E-state index < -0.39 is 0 Å². The van der Waals surface area contributed by atoms with E-state index in [-0.39, 0.29) is 18.3 Å². The number of para-hydroxylation sites is 2. The predicted octanol–water partition coefficient (Wildman–Crippen LogP) is 5.14. The average Bonchev–Trinajstić information content (AvgIpc) is 3.25. The molecule has 0 radical (unpaired) electrons. The minimum atomic E-state index is -0.341. The summed E-state index contributed by atoms with van der Waals surface area (Å²) in [6.07, 6.45) is 0. The number of benzene rings is 3. The zero-order chi connectivity index (χ0) is 19.3. The van der Waals surface area contributed by atoms with Crippen molar-refractivity contribution in [1.82, 2.24) is 4.40 Å². The highest BCUT2D eigenvalue weighted by molar-refractivity contribution is 6.62. The molecule has 2 aromatic heterocycles. The SMILES string of the molecule is CC1(C)OB(c2ccc3c(c2)c2cccc4c5ccccc5n3c42)OC1(C)C. The van der Waals surface area contributed by atoms with Crippen LogP contribution in [0.5, 0.6) is 0 Å². The quantitative estimate of drug-likeness (QED) is 0.383. The second kappa shape index (κ2) is 5.08. The zero-order valence-electron chi connectivity index (χ0n) is 16.6. The van der Waals surface area contributed by atoms with Crippen LogP contribution in [0.15, 0.2) is 60.7 Å². The summed E-state index contributed by atoms with van der Waals surface area (Å²) in [7, 11) is -0.341. The van der Waals surface area contributed by atoms with Gasteiger partial charge < -0.3 is 13.7 Å². The van der Waals surface area contributed by atoms with Crippen LogP contribution in [0.25, 0.3) is 38.1 Å². The van der Waals surface area contributed by atoms with Crippen LogP contribution in [-0.2, 0) is 9.31 Å². The van der Waals surface area contributed by atoms with Crippen molar-refractivity contribution in [1.29, 1.82) is 0 Å². The van der Waals surface area contributed by atoms with Gasteiger partial charge in [-0.1, -0.05) is 48.5 Å². The third-order valence-electron chi connectivity index (χ3n) is 6.77. The molecular weight excluding hydrogens is 345 g/mol. The molecule has 1 aliphatic heterocycles. The maximum atomic E-state index is 6.28. The Labute approximate surface area is 164 Å². The molecule has 0 bridgehead atoms. The van der Waals surface area contributed by atoms with Gasteiger partial charge in [0.1, 0.15) is 0 Å². The predicted molar refractivity (Wildman–Crippen MR) is 117 cm³/mol. The second-order valence-corrected chi connectivity index (χ2v) is 8.92. The first-order chi connectivity index (χ1) is 13.4. The minimum Gasteiger partial charge on any atom is -0.399 e. The van der Waals surface area contributed by atoms with E-state index in [2.05, 4.69) is 92.8 Å². The van der Waals surface area contributed by atoms with Crippen molar-refractivity contribution in [2.45, 2.75) is 38.9 Å². The summed E-state index contributed by atoms with van der Waals surface area (Å²) in [4.78, 5) is 0. The zero-order valence-corrected chi connectivity index (χ0v) is 16.6. The molecule has 0 unspecified atom stereocenters. The normalized spacial score (nSPS) is 18.9. The fraction of sp³-hybridized carbons (Fsp3) is 0.250. The van der Waals surface area contributed by atoms with Crippen LogP contribution in [0.3, 0.4) is 0 Å². The number of hydrogen-bond donors (Lipinski definition) is 0. The molecule has 1 saturated heterocycles. The summed E-state index contributed by atoms with van der Waals surface area (Å²) in [5.74, 6) is 0. The lowest BCUT2D eigenvalue weighted by molar-refractivity contribution is 0.00578. The smallest absolute Gasteiger partial charge is 0.399 e. The standard InChI is InChI=1S/C24H22BNO2/c1-23(2)24(3,4)28-25(27-23)15-12-13-21-19(14-15)18-10-7-9-17-16-8-5-6-11-20(16)26(21)22(17)18/h5-14H,1-4H3. The molecule has 1 aliphatic rings. The van der Waals surface area contributed by atoms with Crippen LogP contribution in [0.1, 0.15) is 27.7 Å². The first-order valence-electron chi connectivity index (χ1n) is 9.90. The number of nitrogens with zero attached hydrogens (tertiary/aromatic N) is 1. The van der Waals surface area contributed by atoms with Gasteiger partial charge in [0.05, 0.1) is 27.8 Å². The topological polar surface area (TPSA) is 22.9 Å². The molecule has 3 nitrogen and oxygen atoms in total. The number of hydrogen-bond acceptors (Lipinski definition) is 2. The Morgan fingerprint density at radius 2 is 1.29 bits per heavy atom. The lowest BCUT2D eigenvalue weighted by Gasteiger charge is -2.32. The first kappa shape index (κ1) is 16.4. The molecule has 0 N–H and O–H groups in total. The van der Waals surface area contributed by atoms with E-state index in [0.717, 1.165) is 5.46 Å². The fourth-order valence-corrected chi connectivity index (χ4v) is 4.58. The van der Waals surface area contributed by atoms with Crippen LogP contribution in [0.2, 0.25) is 0 Å². The van der Waals surface area contributed by atoms with Gasteiger partial charge in [-0.3, -0.25) is 0 Å². The van der Waals surface area contributed by atoms with Crippen LogP contribution in [0.4, 0.5) is 0 Å². The summed E-state index contributed by atoms with van der Waals surface area (Å²) in [6.45, 7) is 8.38. The first-order valence-corrected chi connectivity index (χ1v) is 9.90. The van der Waals surface area contributed by atoms with Crippen molar-refractivity contribution < 1.29 is 9.31 Å². The third-order valence-corrected chi connectivity index (χ3v) is 6.77. The lowest BCUT2D eigenvalue weighted by atomic mass is 9.78. The highest BCUT2D eigenvalue weighted by atomic mass is 16.7. The minimum absolute atomic E-state index is 0.335. The van der Waals surface area contributed by atoms with Crippen LogP contribution in [0, 0.1) is 0 Å². The van der Waals surface area contributed by atoms with Crippen molar-refractivity contribution in [3.63, 3.8) is 0 Å². The van der Waals surface area contributed by atoms with Crippen LogP contribution in [-0.4, -0.2) is 22.7 Å². The van der Waals surface area contributed by atoms with Crippen LogP contribution >= 0.6 is 0 Å². The van der Waals surface area contributed by atoms with Gasteiger partial charge >= 0.3 is 7.12 Å². The lowest BCUT2D eigenvalue weighted by Crippen LogP contribution is -2.41. The molecule has 0 saturated carbocycles. The summed E-state index contributed by atoms with van der Waals surface area (Å²) in [5, 5.41) is 5.14. The van der Waals surface area contributed by atoms with E-state index in [0.29, 0.717) is 0 Å². The monoisotopic (exact) mass is 367 g/mol. The van der Waals surface area contributed by atoms with Crippen molar-refractivity contribution in [3.8, 4) is 0 Å². The van der Waals surface area contributed by atoms with Gasteiger partial charge in [0, 0.05) is 21.5 Å². The Balaban J connectivity index is 1.63. The fourth-order valence-electron chi connectivity index (χ4n) is 4.58. The van der Waals surface area contributed by atoms with E-state index >= 15 is 0 Å². The van der Waals surface area contributed by atoms with Crippen molar-refractivity contribution >= 4 is 50.7 Å². The Morgan fingerprint density at radius 3 is 2.04 bits per heavy atom. The van der Waals surface area contributed by atoms with E-state index in [1.165, 1.54) is 38.1 Å². The van der Waals surface area contributed by atoms with Gasteiger partial charge in [-0.15, -0.1) is 0 Å². The maximum Gasteiger partial charge on any atom is 0.494 e. The van der Waals surface area contributed by atoms with E-state index in [1.807, 2.05) is 0 Å². The number of aromatic nitrogens is 1. The number of rotatable bonds is 1.